The van der Waals surface area contributed by atoms with Crippen LogP contribution in [0.3, 0.4) is 0 Å². The van der Waals surface area contributed by atoms with Gasteiger partial charge in [-0.2, -0.15) is 0 Å². The molecule has 0 aliphatic carbocycles. The number of furan rings is 2. The highest BCUT2D eigenvalue weighted by molar-refractivity contribution is 7.18. The number of aryl methyl sites for hydroxylation is 4. The number of rotatable bonds is 5. The number of hydrogen-bond acceptors (Lipinski definition) is 6. The standard InChI is InChI=1S/C65H59BN2O2S2/c1-35(2)40-29-51-57-52(30-40)68(59-38(5)27-42(28-39(59)6)50-34-72-56-20-16-14-18-46(50)56)61-48-32-44(65(10,11)12)22-24-54(48)70-63(61)66(57)62-60(47-31-43(64(7,8)9)21-23-53(47)69-62)67(51)58-36(3)25-41(26-37(58)4)49-33-71-55-19-15-13-17-45(49)55/h13-35H,1-12H3. The van der Waals surface area contributed by atoms with E-state index in [0.717, 1.165) is 44.6 Å². The van der Waals surface area contributed by atoms with Gasteiger partial charge in [0.15, 0.2) is 0 Å². The maximum absolute atomic E-state index is 7.44. The van der Waals surface area contributed by atoms with Crippen LogP contribution in [-0.4, -0.2) is 6.71 Å². The zero-order chi connectivity index (χ0) is 49.9. The van der Waals surface area contributed by atoms with E-state index >= 15 is 0 Å². The molecule has 11 aromatic rings. The Bertz CT molecular complexity index is 3770. The zero-order valence-corrected chi connectivity index (χ0v) is 45.0. The fraction of sp³-hybridized carbons (Fsp3) is 0.231. The molecule has 7 aromatic carbocycles. The molecule has 0 atom stereocenters. The van der Waals surface area contributed by atoms with Gasteiger partial charge in [-0.25, -0.2) is 0 Å². The summed E-state index contributed by atoms with van der Waals surface area (Å²) in [6.45, 7) is 27.4. The van der Waals surface area contributed by atoms with Crippen molar-refractivity contribution < 1.29 is 8.83 Å². The molecule has 0 N–H and O–H groups in total. The second-order valence-corrected chi connectivity index (χ2v) is 24.8. The second-order valence-electron chi connectivity index (χ2n) is 23.0. The Balaban J connectivity index is 1.14. The van der Waals surface area contributed by atoms with Crippen LogP contribution in [0.2, 0.25) is 0 Å². The maximum atomic E-state index is 7.44. The van der Waals surface area contributed by atoms with Crippen LogP contribution in [0.1, 0.15) is 100 Å². The maximum Gasteiger partial charge on any atom is 0.342 e. The molecule has 0 radical (unpaired) electrons. The van der Waals surface area contributed by atoms with Crippen LogP contribution >= 0.6 is 22.7 Å². The van der Waals surface area contributed by atoms with Gasteiger partial charge in [0.2, 0.25) is 0 Å². The van der Waals surface area contributed by atoms with Crippen molar-refractivity contribution in [2.75, 3.05) is 9.80 Å². The molecule has 0 amide bonds. The minimum Gasteiger partial charge on any atom is -0.468 e. The van der Waals surface area contributed by atoms with Gasteiger partial charge in [-0.05, 0) is 184 Å². The van der Waals surface area contributed by atoms with Crippen molar-refractivity contribution in [1.82, 2.24) is 0 Å². The minimum absolute atomic E-state index is 0.0751. The average molecular weight is 975 g/mol. The summed E-state index contributed by atoms with van der Waals surface area (Å²) < 4.78 is 17.5. The molecule has 13 rings (SSSR count). The van der Waals surface area contributed by atoms with Crippen LogP contribution in [-0.2, 0) is 10.8 Å². The molecule has 6 heterocycles. The van der Waals surface area contributed by atoms with Crippen molar-refractivity contribution in [3.63, 3.8) is 0 Å². The van der Waals surface area contributed by atoms with Gasteiger partial charge in [0.05, 0.1) is 22.7 Å². The Morgan fingerprint density at radius 1 is 0.472 bits per heavy atom. The summed E-state index contributed by atoms with van der Waals surface area (Å²) in [6.07, 6.45) is 0. The number of fused-ring (bicyclic) bond motifs is 10. The van der Waals surface area contributed by atoms with Crippen LogP contribution in [0.15, 0.2) is 141 Å². The lowest BCUT2D eigenvalue weighted by atomic mass is 9.37. The molecule has 356 valence electrons. The number of hydrogen-bond donors (Lipinski definition) is 0. The van der Waals surface area contributed by atoms with E-state index in [4.69, 9.17) is 8.83 Å². The van der Waals surface area contributed by atoms with Gasteiger partial charge in [0.25, 0.3) is 0 Å². The molecular weight excluding hydrogens is 916 g/mol. The molecule has 0 spiro atoms. The molecule has 72 heavy (non-hydrogen) atoms. The highest BCUT2D eigenvalue weighted by Gasteiger charge is 2.51. The first-order valence-corrected chi connectivity index (χ1v) is 27.3. The molecule has 0 saturated heterocycles. The smallest absolute Gasteiger partial charge is 0.342 e. The first-order chi connectivity index (χ1) is 34.4. The molecule has 2 aliphatic heterocycles. The van der Waals surface area contributed by atoms with E-state index in [0.29, 0.717) is 0 Å². The minimum atomic E-state index is -0.321. The monoisotopic (exact) mass is 974 g/mol. The Hall–Kier alpha value is -6.80. The Kier molecular flexibility index (Phi) is 9.93. The van der Waals surface area contributed by atoms with Gasteiger partial charge < -0.3 is 18.6 Å². The molecule has 0 bridgehead atoms. The lowest BCUT2D eigenvalue weighted by molar-refractivity contribution is 0.590. The zero-order valence-electron chi connectivity index (χ0n) is 43.4. The summed E-state index contributed by atoms with van der Waals surface area (Å²) in [4.78, 5) is 5.17. The quantitative estimate of drug-likeness (QED) is 0.161. The van der Waals surface area contributed by atoms with Crippen molar-refractivity contribution in [3.05, 3.63) is 171 Å². The van der Waals surface area contributed by atoms with Gasteiger partial charge in [-0.1, -0.05) is 104 Å². The second kappa shape index (κ2) is 15.9. The number of nitrogens with zero attached hydrogens (tertiary/aromatic N) is 2. The summed E-state index contributed by atoms with van der Waals surface area (Å²) >= 11 is 3.63. The number of benzene rings is 7. The van der Waals surface area contributed by atoms with Gasteiger partial charge in [-0.15, -0.1) is 22.7 Å². The summed E-state index contributed by atoms with van der Waals surface area (Å²) in [5.41, 5.74) is 25.2. The van der Waals surface area contributed by atoms with Gasteiger partial charge in [-0.3, -0.25) is 0 Å². The Morgan fingerprint density at radius 2 is 0.875 bits per heavy atom. The third kappa shape index (κ3) is 6.69. The van der Waals surface area contributed by atoms with Crippen LogP contribution in [0, 0.1) is 27.7 Å². The van der Waals surface area contributed by atoms with E-state index in [9.17, 15) is 0 Å². The third-order valence-corrected chi connectivity index (χ3v) is 17.6. The Morgan fingerprint density at radius 3 is 1.26 bits per heavy atom. The largest absolute Gasteiger partial charge is 0.468 e. The lowest BCUT2D eigenvalue weighted by Gasteiger charge is -2.42. The molecule has 0 unspecified atom stereocenters. The normalized spacial score (nSPS) is 13.6. The van der Waals surface area contributed by atoms with Crippen LogP contribution < -0.4 is 26.6 Å². The third-order valence-electron chi connectivity index (χ3n) is 15.7. The fourth-order valence-electron chi connectivity index (χ4n) is 12.1. The topological polar surface area (TPSA) is 32.8 Å². The Labute approximate surface area is 431 Å². The fourth-order valence-corrected chi connectivity index (χ4v) is 14.0. The van der Waals surface area contributed by atoms with Crippen molar-refractivity contribution in [2.24, 2.45) is 0 Å². The average Bonchev–Trinajstić information content (AvgIpc) is 4.14. The molecule has 4 aromatic heterocycles. The van der Waals surface area contributed by atoms with Crippen LogP contribution in [0.5, 0.6) is 0 Å². The summed E-state index contributed by atoms with van der Waals surface area (Å²) in [5.74, 6) is 0.242. The highest BCUT2D eigenvalue weighted by Crippen LogP contribution is 2.53. The lowest BCUT2D eigenvalue weighted by Crippen LogP contribution is -2.60. The van der Waals surface area contributed by atoms with Crippen molar-refractivity contribution in [2.45, 2.75) is 99.8 Å². The van der Waals surface area contributed by atoms with Crippen molar-refractivity contribution in [1.29, 1.82) is 0 Å². The summed E-state index contributed by atoms with van der Waals surface area (Å²) in [7, 11) is 0. The summed E-state index contributed by atoms with van der Waals surface area (Å²) in [6, 6.07) is 45.9. The van der Waals surface area contributed by atoms with Gasteiger partial charge in [0, 0.05) is 53.4 Å². The van der Waals surface area contributed by atoms with Crippen molar-refractivity contribution >= 4 is 122 Å². The van der Waals surface area contributed by atoms with Gasteiger partial charge >= 0.3 is 6.71 Å². The summed E-state index contributed by atoms with van der Waals surface area (Å²) in [5, 5.41) is 9.47. The van der Waals surface area contributed by atoms with E-state index in [1.165, 1.54) is 110 Å². The highest BCUT2D eigenvalue weighted by atomic mass is 32.1. The van der Waals surface area contributed by atoms with Crippen LogP contribution in [0.25, 0.3) is 64.4 Å². The van der Waals surface area contributed by atoms with E-state index in [1.54, 1.807) is 0 Å². The van der Waals surface area contributed by atoms with Crippen molar-refractivity contribution in [3.8, 4) is 22.3 Å². The van der Waals surface area contributed by atoms with Crippen LogP contribution in [0.4, 0.5) is 34.1 Å². The molecule has 2 aliphatic rings. The first kappa shape index (κ1) is 45.1. The number of anilines is 6. The molecule has 0 fully saturated rings. The molecule has 7 heteroatoms. The van der Waals surface area contributed by atoms with Gasteiger partial charge in [0.1, 0.15) is 22.5 Å². The molecule has 4 nitrogen and oxygen atoms in total. The SMILES string of the molecule is Cc1cc(-c2csc3ccccc23)cc(C)c1N1c2cc(C(C)C)cc3c2B(c2oc4ccc(C(C)(C)C)cc4c21)c1oc2ccc(C(C)(C)C)cc2c1N3c1c(C)cc(-c2csc3ccccc23)cc1C. The molecule has 0 saturated carbocycles. The first-order valence-electron chi connectivity index (χ1n) is 25.5. The van der Waals surface area contributed by atoms with E-state index in [1.807, 2.05) is 22.7 Å². The van der Waals surface area contributed by atoms with E-state index in [-0.39, 0.29) is 23.5 Å². The van der Waals surface area contributed by atoms with E-state index in [2.05, 4.69) is 225 Å². The molecular formula is C65H59BN2O2S2. The predicted octanol–water partition coefficient (Wildman–Crippen LogP) is 18.0. The predicted molar refractivity (Wildman–Crippen MR) is 312 cm³/mol. The van der Waals surface area contributed by atoms with E-state index < -0.39 is 0 Å². The number of thiophene rings is 2.